The summed E-state index contributed by atoms with van der Waals surface area (Å²) in [6.07, 6.45) is 3.88. The zero-order valence-corrected chi connectivity index (χ0v) is 14.6. The van der Waals surface area contributed by atoms with E-state index >= 15 is 0 Å². The average molecular weight is 363 g/mol. The van der Waals surface area contributed by atoms with Gasteiger partial charge in [0.1, 0.15) is 17.1 Å². The standard InChI is InChI=1S/C20H17N3O4/c1-11-4-5-21-18(7-11)23-20(26)14-10-13-15(22-19(14)25)8-12(9-16(13)24)17-3-2-6-27-17/h2-7,10,12H,8-9H2,1H3,(H,22,25)(H,21,23,26). The summed E-state index contributed by atoms with van der Waals surface area (Å²) in [6.45, 7) is 1.87. The molecule has 7 nitrogen and oxygen atoms in total. The molecule has 4 rings (SSSR count). The number of amides is 1. The van der Waals surface area contributed by atoms with Gasteiger partial charge in [-0.05, 0) is 49.2 Å². The highest BCUT2D eigenvalue weighted by molar-refractivity contribution is 6.06. The van der Waals surface area contributed by atoms with E-state index in [2.05, 4.69) is 15.3 Å². The smallest absolute Gasteiger partial charge is 0.262 e. The van der Waals surface area contributed by atoms with Gasteiger partial charge in [-0.3, -0.25) is 14.4 Å². The molecule has 1 aliphatic rings. The monoisotopic (exact) mass is 363 g/mol. The third-order valence-electron chi connectivity index (χ3n) is 4.65. The molecule has 3 aromatic heterocycles. The number of carbonyl (C=O) groups excluding carboxylic acids is 2. The van der Waals surface area contributed by atoms with Crippen LogP contribution in [0.3, 0.4) is 0 Å². The number of aryl methyl sites for hydroxylation is 1. The lowest BCUT2D eigenvalue weighted by Gasteiger charge is -2.22. The summed E-state index contributed by atoms with van der Waals surface area (Å²) < 4.78 is 5.39. The lowest BCUT2D eigenvalue weighted by atomic mass is 9.84. The van der Waals surface area contributed by atoms with Gasteiger partial charge >= 0.3 is 0 Å². The molecule has 0 aromatic carbocycles. The van der Waals surface area contributed by atoms with E-state index < -0.39 is 11.5 Å². The van der Waals surface area contributed by atoms with Crippen molar-refractivity contribution in [3.8, 4) is 0 Å². The molecule has 2 N–H and O–H groups in total. The van der Waals surface area contributed by atoms with Gasteiger partial charge in [0, 0.05) is 29.8 Å². The van der Waals surface area contributed by atoms with Crippen LogP contribution in [0.5, 0.6) is 0 Å². The lowest BCUT2D eigenvalue weighted by Crippen LogP contribution is -2.29. The Morgan fingerprint density at radius 3 is 2.85 bits per heavy atom. The predicted molar refractivity (Wildman–Crippen MR) is 98.1 cm³/mol. The number of fused-ring (bicyclic) bond motifs is 1. The lowest BCUT2D eigenvalue weighted by molar-refractivity contribution is 0.0959. The number of H-pyrrole nitrogens is 1. The molecule has 27 heavy (non-hydrogen) atoms. The van der Waals surface area contributed by atoms with Crippen molar-refractivity contribution >= 4 is 17.5 Å². The molecule has 7 heteroatoms. The second kappa shape index (κ2) is 6.68. The van der Waals surface area contributed by atoms with Crippen LogP contribution < -0.4 is 10.9 Å². The molecule has 0 radical (unpaired) electrons. The Morgan fingerprint density at radius 2 is 2.11 bits per heavy atom. The number of nitrogens with zero attached hydrogens (tertiary/aromatic N) is 1. The number of rotatable bonds is 3. The van der Waals surface area contributed by atoms with E-state index in [1.54, 1.807) is 30.7 Å². The summed E-state index contributed by atoms with van der Waals surface area (Å²) in [5.74, 6) is 0.213. The fourth-order valence-electron chi connectivity index (χ4n) is 3.31. The number of nitrogens with one attached hydrogen (secondary N) is 2. The molecule has 0 fully saturated rings. The summed E-state index contributed by atoms with van der Waals surface area (Å²) in [7, 11) is 0. The van der Waals surface area contributed by atoms with Crippen LogP contribution in [-0.2, 0) is 6.42 Å². The van der Waals surface area contributed by atoms with Crippen LogP contribution in [0.1, 0.15) is 50.1 Å². The van der Waals surface area contributed by atoms with Crippen molar-refractivity contribution < 1.29 is 14.0 Å². The molecule has 0 saturated heterocycles. The molecule has 0 spiro atoms. The number of Topliss-reactive ketones (excluding diaryl/α,β-unsaturated/α-hetero) is 1. The van der Waals surface area contributed by atoms with E-state index in [0.717, 1.165) is 5.56 Å². The van der Waals surface area contributed by atoms with Crippen molar-refractivity contribution in [2.45, 2.75) is 25.7 Å². The van der Waals surface area contributed by atoms with Gasteiger partial charge in [-0.2, -0.15) is 0 Å². The molecular formula is C20H17N3O4. The Morgan fingerprint density at radius 1 is 1.26 bits per heavy atom. The number of hydrogen-bond acceptors (Lipinski definition) is 5. The predicted octanol–water partition coefficient (Wildman–Crippen LogP) is 2.84. The Hall–Kier alpha value is -3.48. The van der Waals surface area contributed by atoms with Gasteiger partial charge in [-0.1, -0.05) is 0 Å². The largest absolute Gasteiger partial charge is 0.469 e. The number of ketones is 1. The van der Waals surface area contributed by atoms with Gasteiger partial charge in [0.25, 0.3) is 11.5 Å². The summed E-state index contributed by atoms with van der Waals surface area (Å²) in [6, 6.07) is 8.46. The Labute approximate surface area is 154 Å². The van der Waals surface area contributed by atoms with Crippen molar-refractivity contribution in [2.75, 3.05) is 5.32 Å². The molecule has 136 valence electrons. The molecule has 1 amide bonds. The number of anilines is 1. The first-order chi connectivity index (χ1) is 13.0. The van der Waals surface area contributed by atoms with Gasteiger partial charge in [-0.15, -0.1) is 0 Å². The highest BCUT2D eigenvalue weighted by Gasteiger charge is 2.30. The van der Waals surface area contributed by atoms with Crippen LogP contribution in [0.2, 0.25) is 0 Å². The normalized spacial score (nSPS) is 16.0. The zero-order chi connectivity index (χ0) is 19.0. The van der Waals surface area contributed by atoms with Gasteiger partial charge in [-0.25, -0.2) is 4.98 Å². The van der Waals surface area contributed by atoms with Gasteiger partial charge in [0.2, 0.25) is 0 Å². The van der Waals surface area contributed by atoms with E-state index in [-0.39, 0.29) is 23.7 Å². The number of aromatic nitrogens is 2. The summed E-state index contributed by atoms with van der Waals surface area (Å²) >= 11 is 0. The molecule has 0 bridgehead atoms. The van der Waals surface area contributed by atoms with Gasteiger partial charge < -0.3 is 14.7 Å². The van der Waals surface area contributed by atoms with Crippen molar-refractivity contribution in [1.29, 1.82) is 0 Å². The van der Waals surface area contributed by atoms with Crippen LogP contribution in [0.25, 0.3) is 0 Å². The molecule has 1 atom stereocenters. The maximum atomic E-state index is 12.6. The maximum Gasteiger partial charge on any atom is 0.262 e. The summed E-state index contributed by atoms with van der Waals surface area (Å²) in [4.78, 5) is 44.2. The fraction of sp³-hybridized carbons (Fsp3) is 0.200. The first-order valence-electron chi connectivity index (χ1n) is 8.58. The van der Waals surface area contributed by atoms with E-state index in [0.29, 0.717) is 29.3 Å². The third kappa shape index (κ3) is 3.31. The number of furan rings is 1. The number of carbonyl (C=O) groups is 2. The molecule has 3 heterocycles. The van der Waals surface area contributed by atoms with Crippen molar-refractivity contribution in [3.63, 3.8) is 0 Å². The van der Waals surface area contributed by atoms with Crippen LogP contribution in [-0.4, -0.2) is 21.7 Å². The molecule has 0 aliphatic heterocycles. The molecule has 1 unspecified atom stereocenters. The summed E-state index contributed by atoms with van der Waals surface area (Å²) in [5.41, 5.74) is 1.19. The molecule has 0 saturated carbocycles. The molecule has 3 aromatic rings. The minimum absolute atomic E-state index is 0.109. The minimum Gasteiger partial charge on any atom is -0.469 e. The Bertz CT molecular complexity index is 1080. The second-order valence-corrected chi connectivity index (χ2v) is 6.62. The summed E-state index contributed by atoms with van der Waals surface area (Å²) in [5, 5.41) is 2.60. The molecule has 1 aliphatic carbocycles. The third-order valence-corrected chi connectivity index (χ3v) is 4.65. The highest BCUT2D eigenvalue weighted by atomic mass is 16.3. The fourth-order valence-corrected chi connectivity index (χ4v) is 3.31. The highest BCUT2D eigenvalue weighted by Crippen LogP contribution is 2.31. The molecular weight excluding hydrogens is 346 g/mol. The van der Waals surface area contributed by atoms with E-state index in [1.807, 2.05) is 13.0 Å². The van der Waals surface area contributed by atoms with Crippen LogP contribution >= 0.6 is 0 Å². The minimum atomic E-state index is -0.599. The van der Waals surface area contributed by atoms with Gasteiger partial charge in [0.05, 0.1) is 6.26 Å². The SMILES string of the molecule is Cc1ccnc(NC(=O)c2cc3c([nH]c2=O)CC(c2ccco2)CC3=O)c1. The second-order valence-electron chi connectivity index (χ2n) is 6.62. The number of pyridine rings is 2. The quantitative estimate of drug-likeness (QED) is 0.744. The van der Waals surface area contributed by atoms with E-state index in [4.69, 9.17) is 4.42 Å². The average Bonchev–Trinajstić information content (AvgIpc) is 3.15. The van der Waals surface area contributed by atoms with Gasteiger partial charge in [0.15, 0.2) is 5.78 Å². The van der Waals surface area contributed by atoms with Crippen LogP contribution in [0, 0.1) is 6.92 Å². The van der Waals surface area contributed by atoms with Crippen molar-refractivity contribution in [3.05, 3.63) is 81.3 Å². The first kappa shape index (κ1) is 17.0. The van der Waals surface area contributed by atoms with Crippen molar-refractivity contribution in [2.24, 2.45) is 0 Å². The Balaban J connectivity index is 1.63. The first-order valence-corrected chi connectivity index (χ1v) is 8.58. The number of hydrogen-bond donors (Lipinski definition) is 2. The van der Waals surface area contributed by atoms with Crippen molar-refractivity contribution in [1.82, 2.24) is 9.97 Å². The van der Waals surface area contributed by atoms with E-state index in [1.165, 1.54) is 6.07 Å². The topological polar surface area (TPSA) is 105 Å². The van der Waals surface area contributed by atoms with Crippen LogP contribution in [0.4, 0.5) is 5.82 Å². The Kier molecular flexibility index (Phi) is 4.19. The van der Waals surface area contributed by atoms with E-state index in [9.17, 15) is 14.4 Å². The maximum absolute atomic E-state index is 12.6. The number of aromatic amines is 1. The van der Waals surface area contributed by atoms with Crippen LogP contribution in [0.15, 0.2) is 52.0 Å². The zero-order valence-electron chi connectivity index (χ0n) is 14.6.